The van der Waals surface area contributed by atoms with Crippen LogP contribution in [-0.4, -0.2) is 32.3 Å². The number of rotatable bonds is 8. The van der Waals surface area contributed by atoms with E-state index in [1.807, 2.05) is 38.1 Å². The number of aliphatic hydroxyl groups excluding tert-OH is 1. The summed E-state index contributed by atoms with van der Waals surface area (Å²) in [5, 5.41) is 11.3. The van der Waals surface area contributed by atoms with Crippen LogP contribution in [0.5, 0.6) is 0 Å². The van der Waals surface area contributed by atoms with E-state index >= 15 is 0 Å². The zero-order valence-electron chi connectivity index (χ0n) is 20.3. The first-order chi connectivity index (χ1) is 14.8. The fourth-order valence-corrected chi connectivity index (χ4v) is 7.29. The van der Waals surface area contributed by atoms with Gasteiger partial charge in [-0.25, -0.2) is 0 Å². The van der Waals surface area contributed by atoms with Crippen LogP contribution >= 0.6 is 0 Å². The van der Waals surface area contributed by atoms with Gasteiger partial charge in [0.2, 0.25) is 0 Å². The predicted molar refractivity (Wildman–Crippen MR) is 139 cm³/mol. The normalized spacial score (nSPS) is 15.9. The summed E-state index contributed by atoms with van der Waals surface area (Å²) >= 11 is 0. The highest BCUT2D eigenvalue weighted by Gasteiger charge is 2.36. The van der Waals surface area contributed by atoms with E-state index in [4.69, 9.17) is 0 Å². The molecule has 3 nitrogen and oxygen atoms in total. The van der Waals surface area contributed by atoms with Gasteiger partial charge in [-0.1, -0.05) is 68.9 Å². The maximum absolute atomic E-state index is 13.5. The maximum Gasteiger partial charge on any atom is 0.145 e. The van der Waals surface area contributed by atoms with Crippen molar-refractivity contribution in [1.29, 1.82) is 0 Å². The first-order valence-electron chi connectivity index (χ1n) is 10.9. The van der Waals surface area contributed by atoms with Gasteiger partial charge in [0.05, 0.1) is 27.7 Å². The molecule has 0 amide bonds. The van der Waals surface area contributed by atoms with Crippen molar-refractivity contribution in [2.45, 2.75) is 80.7 Å². The summed E-state index contributed by atoms with van der Waals surface area (Å²) in [5.74, 6) is 3.29. The SMILES string of the molecule is Cc1ccc(S(=O)C([C@H](O)CC(C)(C)CC#C[Si](C)(C)C)S(=O)c2ccc(C)cc2)cc1. The summed E-state index contributed by atoms with van der Waals surface area (Å²) in [6.45, 7) is 14.6. The molecule has 174 valence electrons. The third-order valence-corrected chi connectivity index (χ3v) is 9.96. The number of hydrogen-bond donors (Lipinski definition) is 1. The summed E-state index contributed by atoms with van der Waals surface area (Å²) < 4.78 is 26.2. The molecular formula is C26H36O3S2Si. The molecule has 0 aliphatic carbocycles. The van der Waals surface area contributed by atoms with E-state index in [0.717, 1.165) is 11.1 Å². The Balaban J connectivity index is 2.34. The molecule has 0 aromatic heterocycles. The van der Waals surface area contributed by atoms with Gasteiger partial charge in [0.1, 0.15) is 12.7 Å². The van der Waals surface area contributed by atoms with Crippen molar-refractivity contribution in [3.8, 4) is 11.5 Å². The second kappa shape index (κ2) is 11.1. The maximum atomic E-state index is 13.5. The van der Waals surface area contributed by atoms with Gasteiger partial charge in [-0.15, -0.1) is 11.5 Å². The molecule has 0 spiro atoms. The van der Waals surface area contributed by atoms with Gasteiger partial charge in [0, 0.05) is 16.2 Å². The molecule has 1 N–H and O–H groups in total. The van der Waals surface area contributed by atoms with Crippen LogP contribution in [0.3, 0.4) is 0 Å². The third-order valence-electron chi connectivity index (χ3n) is 5.03. The van der Waals surface area contributed by atoms with E-state index in [1.165, 1.54) is 0 Å². The van der Waals surface area contributed by atoms with Crippen LogP contribution in [0.4, 0.5) is 0 Å². The van der Waals surface area contributed by atoms with Crippen LogP contribution in [-0.2, 0) is 21.6 Å². The van der Waals surface area contributed by atoms with Gasteiger partial charge in [-0.3, -0.25) is 8.42 Å². The number of aliphatic hydroxyl groups is 1. The number of aryl methyl sites for hydroxylation is 2. The van der Waals surface area contributed by atoms with Crippen molar-refractivity contribution >= 4 is 29.7 Å². The van der Waals surface area contributed by atoms with Crippen molar-refractivity contribution in [3.05, 3.63) is 59.7 Å². The summed E-state index contributed by atoms with van der Waals surface area (Å²) in [4.78, 5) is 1.16. The molecule has 2 unspecified atom stereocenters. The molecule has 0 fully saturated rings. The Labute approximate surface area is 200 Å². The lowest BCUT2D eigenvalue weighted by atomic mass is 9.84. The molecule has 32 heavy (non-hydrogen) atoms. The van der Waals surface area contributed by atoms with Gasteiger partial charge in [-0.2, -0.15) is 0 Å². The summed E-state index contributed by atoms with van der Waals surface area (Å²) in [6, 6.07) is 14.7. The Kier molecular flexibility index (Phi) is 9.24. The molecule has 6 heteroatoms. The molecule has 2 rings (SSSR count). The van der Waals surface area contributed by atoms with Crippen LogP contribution in [0.15, 0.2) is 58.3 Å². The monoisotopic (exact) mass is 488 g/mol. The van der Waals surface area contributed by atoms with Crippen LogP contribution in [0.1, 0.15) is 37.8 Å². The first kappa shape index (κ1) is 26.7. The zero-order chi connectivity index (χ0) is 24.1. The van der Waals surface area contributed by atoms with Gasteiger partial charge in [0.15, 0.2) is 0 Å². The molecule has 0 heterocycles. The zero-order valence-corrected chi connectivity index (χ0v) is 22.9. The number of benzene rings is 2. The molecule has 0 radical (unpaired) electrons. The molecule has 2 aromatic rings. The van der Waals surface area contributed by atoms with Gasteiger partial charge in [0.25, 0.3) is 0 Å². The van der Waals surface area contributed by atoms with Crippen molar-refractivity contribution < 1.29 is 13.5 Å². The lowest BCUT2D eigenvalue weighted by Gasteiger charge is -2.29. The highest BCUT2D eigenvalue weighted by atomic mass is 32.2. The van der Waals surface area contributed by atoms with Crippen LogP contribution < -0.4 is 0 Å². The van der Waals surface area contributed by atoms with Crippen molar-refractivity contribution in [2.24, 2.45) is 5.41 Å². The van der Waals surface area contributed by atoms with Gasteiger partial charge < -0.3 is 5.11 Å². The lowest BCUT2D eigenvalue weighted by molar-refractivity contribution is 0.127. The van der Waals surface area contributed by atoms with Crippen molar-refractivity contribution in [1.82, 2.24) is 0 Å². The quantitative estimate of drug-likeness (QED) is 0.389. The summed E-state index contributed by atoms with van der Waals surface area (Å²) in [5.41, 5.74) is 5.20. The minimum absolute atomic E-state index is 0.292. The van der Waals surface area contributed by atoms with Crippen molar-refractivity contribution in [3.63, 3.8) is 0 Å². The molecule has 3 atom stereocenters. The Morgan fingerprint density at radius 3 is 1.66 bits per heavy atom. The second-order valence-electron chi connectivity index (χ2n) is 10.3. The fourth-order valence-electron chi connectivity index (χ4n) is 3.26. The van der Waals surface area contributed by atoms with E-state index in [0.29, 0.717) is 22.6 Å². The molecule has 0 bridgehead atoms. The topological polar surface area (TPSA) is 54.4 Å². The third kappa shape index (κ3) is 8.11. The Morgan fingerprint density at radius 2 is 1.28 bits per heavy atom. The molecule has 0 aliphatic heterocycles. The van der Waals surface area contributed by atoms with E-state index in [2.05, 4.69) is 45.0 Å². The number of hydrogen-bond acceptors (Lipinski definition) is 3. The highest BCUT2D eigenvalue weighted by molar-refractivity contribution is 8.03. The van der Waals surface area contributed by atoms with Crippen LogP contribution in [0, 0.1) is 30.7 Å². The average Bonchev–Trinajstić information content (AvgIpc) is 2.67. The summed E-state index contributed by atoms with van der Waals surface area (Å²) in [6.07, 6.45) is 0.00535. The molecular weight excluding hydrogens is 453 g/mol. The van der Waals surface area contributed by atoms with E-state index in [-0.39, 0.29) is 5.41 Å². The summed E-state index contributed by atoms with van der Waals surface area (Å²) in [7, 11) is -4.73. The lowest BCUT2D eigenvalue weighted by Crippen LogP contribution is -2.37. The largest absolute Gasteiger partial charge is 0.391 e. The Morgan fingerprint density at radius 1 is 0.875 bits per heavy atom. The minimum atomic E-state index is -1.63. The second-order valence-corrected chi connectivity index (χ2v) is 18.5. The molecule has 0 saturated heterocycles. The van der Waals surface area contributed by atoms with Crippen LogP contribution in [0.25, 0.3) is 0 Å². The van der Waals surface area contributed by atoms with Crippen molar-refractivity contribution in [2.75, 3.05) is 0 Å². The van der Waals surface area contributed by atoms with Crippen LogP contribution in [0.2, 0.25) is 19.6 Å². The smallest absolute Gasteiger partial charge is 0.145 e. The van der Waals surface area contributed by atoms with Gasteiger partial charge in [-0.05, 0) is 49.9 Å². The molecule has 2 aromatic carbocycles. The van der Waals surface area contributed by atoms with E-state index in [9.17, 15) is 13.5 Å². The molecule has 0 aliphatic rings. The minimum Gasteiger partial charge on any atom is -0.391 e. The Bertz CT molecular complexity index is 953. The predicted octanol–water partition coefficient (Wildman–Crippen LogP) is 5.59. The van der Waals surface area contributed by atoms with Gasteiger partial charge >= 0.3 is 0 Å². The highest BCUT2D eigenvalue weighted by Crippen LogP contribution is 2.32. The average molecular weight is 489 g/mol. The Hall–Kier alpha value is -1.52. The van der Waals surface area contributed by atoms with E-state index in [1.54, 1.807) is 24.3 Å². The van der Waals surface area contributed by atoms with E-state index < -0.39 is 40.4 Å². The first-order valence-corrected chi connectivity index (χ1v) is 16.8. The molecule has 0 saturated carbocycles. The standard InChI is InChI=1S/C26H36O3S2Si/c1-20-9-13-22(14-10-20)30(28)25(31(29)23-15-11-21(2)12-16-23)24(27)19-26(3,4)17-8-18-32(5,6)7/h9-16,24-25,27H,17,19H2,1-7H3/t24-,25?,30?,31?/m1/s1. The fraction of sp³-hybridized carbons (Fsp3) is 0.462.